The normalized spacial score (nSPS) is 12.8. The molecule has 0 aliphatic rings. The van der Waals surface area contributed by atoms with Crippen molar-refractivity contribution >= 4 is 58.4 Å². The number of carbonyl (C=O) groups excluding carboxylic acids is 2. The Balaban J connectivity index is 2.16. The van der Waals surface area contributed by atoms with Gasteiger partial charge < -0.3 is 10.2 Å². The Morgan fingerprint density at radius 1 is 1.00 bits per heavy atom. The maximum atomic E-state index is 13.2. The second-order valence-electron chi connectivity index (χ2n) is 7.30. The average molecular weight is 502 g/mol. The Morgan fingerprint density at radius 2 is 1.61 bits per heavy atom. The molecule has 0 radical (unpaired) electrons. The largest absolute Gasteiger partial charge is 0.352 e. The standard InChI is InChI=1S/C23H27Cl3N2O2S/c1-4-15(2)27-23(30)16(3)28(12-18-20(25)10-7-11-21(18)26)22(29)14-31-13-17-8-5-6-9-19(17)24/h5-11,15-16H,4,12-14H2,1-3H3,(H,27,30)/t15-,16-/m1/s1. The van der Waals surface area contributed by atoms with E-state index in [-0.39, 0.29) is 30.2 Å². The molecular weight excluding hydrogens is 475 g/mol. The van der Waals surface area contributed by atoms with Gasteiger partial charge in [0.15, 0.2) is 0 Å². The van der Waals surface area contributed by atoms with Gasteiger partial charge in [-0.3, -0.25) is 9.59 Å². The molecule has 0 aromatic heterocycles. The Morgan fingerprint density at radius 3 is 2.23 bits per heavy atom. The second kappa shape index (κ2) is 12.6. The molecule has 0 heterocycles. The molecule has 31 heavy (non-hydrogen) atoms. The van der Waals surface area contributed by atoms with Crippen LogP contribution in [0.2, 0.25) is 15.1 Å². The number of amides is 2. The molecule has 2 aromatic rings. The molecule has 0 fully saturated rings. The van der Waals surface area contributed by atoms with E-state index < -0.39 is 6.04 Å². The predicted molar refractivity (Wildman–Crippen MR) is 132 cm³/mol. The maximum Gasteiger partial charge on any atom is 0.242 e. The summed E-state index contributed by atoms with van der Waals surface area (Å²) in [7, 11) is 0. The fourth-order valence-electron chi connectivity index (χ4n) is 2.85. The monoisotopic (exact) mass is 500 g/mol. The minimum Gasteiger partial charge on any atom is -0.352 e. The Labute approximate surface area is 203 Å². The van der Waals surface area contributed by atoms with Crippen LogP contribution in [0.5, 0.6) is 0 Å². The minimum absolute atomic E-state index is 0.0189. The molecule has 2 atom stereocenters. The summed E-state index contributed by atoms with van der Waals surface area (Å²) in [6.45, 7) is 5.80. The van der Waals surface area contributed by atoms with Crippen molar-refractivity contribution < 1.29 is 9.59 Å². The zero-order valence-corrected chi connectivity index (χ0v) is 20.9. The van der Waals surface area contributed by atoms with Crippen molar-refractivity contribution in [3.63, 3.8) is 0 Å². The van der Waals surface area contributed by atoms with Crippen molar-refractivity contribution in [3.8, 4) is 0 Å². The summed E-state index contributed by atoms with van der Waals surface area (Å²) in [5.74, 6) is 0.426. The molecule has 0 saturated heterocycles. The van der Waals surface area contributed by atoms with Crippen molar-refractivity contribution in [2.24, 2.45) is 0 Å². The zero-order valence-electron chi connectivity index (χ0n) is 17.8. The highest BCUT2D eigenvalue weighted by Gasteiger charge is 2.28. The van der Waals surface area contributed by atoms with E-state index in [1.807, 2.05) is 38.1 Å². The number of hydrogen-bond donors (Lipinski definition) is 1. The Hall–Kier alpha value is -1.40. The molecule has 1 N–H and O–H groups in total. The number of thioether (sulfide) groups is 1. The van der Waals surface area contributed by atoms with Gasteiger partial charge in [0.25, 0.3) is 0 Å². The number of carbonyl (C=O) groups is 2. The van der Waals surface area contributed by atoms with Gasteiger partial charge in [0, 0.05) is 39.0 Å². The number of hydrogen-bond acceptors (Lipinski definition) is 3. The number of nitrogens with one attached hydrogen (secondary N) is 1. The molecule has 4 nitrogen and oxygen atoms in total. The topological polar surface area (TPSA) is 49.4 Å². The van der Waals surface area contributed by atoms with Gasteiger partial charge in [-0.05, 0) is 44.0 Å². The molecule has 2 amide bonds. The SMILES string of the molecule is CC[C@@H](C)NC(=O)[C@@H](C)N(Cc1c(Cl)cccc1Cl)C(=O)CSCc1ccccc1Cl. The van der Waals surface area contributed by atoms with Gasteiger partial charge in [0.05, 0.1) is 5.75 Å². The van der Waals surface area contributed by atoms with Gasteiger partial charge in [-0.1, -0.05) is 66.0 Å². The summed E-state index contributed by atoms with van der Waals surface area (Å²) in [4.78, 5) is 27.4. The molecule has 0 aliphatic heterocycles. The van der Waals surface area contributed by atoms with Crippen molar-refractivity contribution in [3.05, 3.63) is 68.7 Å². The summed E-state index contributed by atoms with van der Waals surface area (Å²) >= 11 is 20.3. The van der Waals surface area contributed by atoms with Gasteiger partial charge in [-0.15, -0.1) is 11.8 Å². The van der Waals surface area contributed by atoms with Crippen molar-refractivity contribution in [1.82, 2.24) is 10.2 Å². The molecule has 8 heteroatoms. The first-order chi connectivity index (χ1) is 14.7. The van der Waals surface area contributed by atoms with Gasteiger partial charge in [0.2, 0.25) is 11.8 Å². The summed E-state index contributed by atoms with van der Waals surface area (Å²) < 4.78 is 0. The van der Waals surface area contributed by atoms with Crippen LogP contribution in [0.25, 0.3) is 0 Å². The van der Waals surface area contributed by atoms with E-state index in [1.165, 1.54) is 16.7 Å². The van der Waals surface area contributed by atoms with Gasteiger partial charge in [0.1, 0.15) is 6.04 Å². The highest BCUT2D eigenvalue weighted by atomic mass is 35.5. The lowest BCUT2D eigenvalue weighted by molar-refractivity contribution is -0.138. The van der Waals surface area contributed by atoms with Crippen LogP contribution in [-0.2, 0) is 21.9 Å². The van der Waals surface area contributed by atoms with E-state index in [9.17, 15) is 9.59 Å². The van der Waals surface area contributed by atoms with E-state index in [1.54, 1.807) is 25.1 Å². The second-order valence-corrected chi connectivity index (χ2v) is 9.51. The van der Waals surface area contributed by atoms with Crippen molar-refractivity contribution in [2.75, 3.05) is 5.75 Å². The first-order valence-corrected chi connectivity index (χ1v) is 12.4. The first-order valence-electron chi connectivity index (χ1n) is 10.1. The third-order valence-electron chi connectivity index (χ3n) is 5.00. The van der Waals surface area contributed by atoms with E-state index in [0.717, 1.165) is 12.0 Å². The van der Waals surface area contributed by atoms with Gasteiger partial charge in [-0.2, -0.15) is 0 Å². The van der Waals surface area contributed by atoms with Crippen LogP contribution >= 0.6 is 46.6 Å². The number of nitrogens with zero attached hydrogens (tertiary/aromatic N) is 1. The van der Waals surface area contributed by atoms with Crippen LogP contribution < -0.4 is 5.32 Å². The first kappa shape index (κ1) is 25.9. The quantitative estimate of drug-likeness (QED) is 0.421. The predicted octanol–water partition coefficient (Wildman–Crippen LogP) is 6.21. The lowest BCUT2D eigenvalue weighted by atomic mass is 10.1. The smallest absolute Gasteiger partial charge is 0.242 e. The molecule has 168 valence electrons. The zero-order chi connectivity index (χ0) is 23.0. The van der Waals surface area contributed by atoms with E-state index in [2.05, 4.69) is 5.32 Å². The maximum absolute atomic E-state index is 13.2. The molecule has 0 aliphatic carbocycles. The van der Waals surface area contributed by atoms with Crippen molar-refractivity contribution in [2.45, 2.75) is 51.6 Å². The number of benzene rings is 2. The molecule has 0 unspecified atom stereocenters. The van der Waals surface area contributed by atoms with Crippen LogP contribution in [0, 0.1) is 0 Å². The van der Waals surface area contributed by atoms with Crippen molar-refractivity contribution in [1.29, 1.82) is 0 Å². The average Bonchev–Trinajstić information content (AvgIpc) is 2.74. The lowest BCUT2D eigenvalue weighted by Gasteiger charge is -2.30. The van der Waals surface area contributed by atoms with E-state index in [4.69, 9.17) is 34.8 Å². The third kappa shape index (κ3) is 7.60. The summed E-state index contributed by atoms with van der Waals surface area (Å²) in [6, 6.07) is 12.1. The Kier molecular flexibility index (Phi) is 10.5. The number of rotatable bonds is 10. The van der Waals surface area contributed by atoms with Crippen LogP contribution in [0.15, 0.2) is 42.5 Å². The fraction of sp³-hybridized carbons (Fsp3) is 0.391. The Bertz CT molecular complexity index is 890. The summed E-state index contributed by atoms with van der Waals surface area (Å²) in [5.41, 5.74) is 1.59. The summed E-state index contributed by atoms with van der Waals surface area (Å²) in [6.07, 6.45) is 0.802. The number of halogens is 3. The molecule has 0 bridgehead atoms. The molecule has 2 aromatic carbocycles. The minimum atomic E-state index is -0.672. The molecule has 2 rings (SSSR count). The summed E-state index contributed by atoms with van der Waals surface area (Å²) in [5, 5.41) is 4.54. The van der Waals surface area contributed by atoms with Crippen LogP contribution in [0.4, 0.5) is 0 Å². The van der Waals surface area contributed by atoms with Crippen LogP contribution in [0.3, 0.4) is 0 Å². The van der Waals surface area contributed by atoms with Gasteiger partial charge in [-0.25, -0.2) is 0 Å². The molecule has 0 spiro atoms. The molecule has 0 saturated carbocycles. The lowest BCUT2D eigenvalue weighted by Crippen LogP contribution is -2.50. The van der Waals surface area contributed by atoms with Crippen LogP contribution in [0.1, 0.15) is 38.3 Å². The van der Waals surface area contributed by atoms with Gasteiger partial charge >= 0.3 is 0 Å². The van der Waals surface area contributed by atoms with E-state index in [0.29, 0.717) is 26.4 Å². The third-order valence-corrected chi connectivity index (χ3v) is 7.04. The highest BCUT2D eigenvalue weighted by molar-refractivity contribution is 7.99. The molecular formula is C23H27Cl3N2O2S. The van der Waals surface area contributed by atoms with Crippen LogP contribution in [-0.4, -0.2) is 34.6 Å². The fourth-order valence-corrected chi connectivity index (χ4v) is 4.56. The van der Waals surface area contributed by atoms with E-state index >= 15 is 0 Å². The highest BCUT2D eigenvalue weighted by Crippen LogP contribution is 2.27.